The second-order valence-corrected chi connectivity index (χ2v) is 7.53. The van der Waals surface area contributed by atoms with E-state index in [9.17, 15) is 5.11 Å². The molecule has 2 aliphatic heterocycles. The number of hydrogen-bond acceptors (Lipinski definition) is 5. The summed E-state index contributed by atoms with van der Waals surface area (Å²) >= 11 is 1.75. The average molecular weight is 296 g/mol. The van der Waals surface area contributed by atoms with Gasteiger partial charge in [-0.1, -0.05) is 0 Å². The summed E-state index contributed by atoms with van der Waals surface area (Å²) in [6.07, 6.45) is 3.61. The van der Waals surface area contributed by atoms with E-state index in [1.165, 1.54) is 4.88 Å². The van der Waals surface area contributed by atoms with Gasteiger partial charge in [0.2, 0.25) is 0 Å². The van der Waals surface area contributed by atoms with E-state index in [0.717, 1.165) is 51.0 Å². The van der Waals surface area contributed by atoms with Crippen LogP contribution in [0.15, 0.2) is 5.51 Å². The van der Waals surface area contributed by atoms with Gasteiger partial charge in [-0.15, -0.1) is 11.3 Å². The SMILES string of the molecule is Cc1ncsc1CN1CCC2(CC1)CC(C)(O)CCO2. The molecule has 2 aliphatic rings. The fourth-order valence-corrected chi connectivity index (χ4v) is 4.26. The molecule has 112 valence electrons. The van der Waals surface area contributed by atoms with Crippen LogP contribution in [0.5, 0.6) is 0 Å². The van der Waals surface area contributed by atoms with Crippen molar-refractivity contribution in [2.45, 2.75) is 57.3 Å². The number of hydrogen-bond donors (Lipinski definition) is 1. The summed E-state index contributed by atoms with van der Waals surface area (Å²) in [6.45, 7) is 7.83. The molecule has 1 N–H and O–H groups in total. The number of aryl methyl sites for hydroxylation is 1. The summed E-state index contributed by atoms with van der Waals surface area (Å²) < 4.78 is 6.05. The fourth-order valence-electron chi connectivity index (χ4n) is 3.44. The fraction of sp³-hybridized carbons (Fsp3) is 0.800. The van der Waals surface area contributed by atoms with Crippen LogP contribution in [0.1, 0.15) is 43.2 Å². The summed E-state index contributed by atoms with van der Waals surface area (Å²) in [5, 5.41) is 10.3. The van der Waals surface area contributed by atoms with Crippen molar-refractivity contribution < 1.29 is 9.84 Å². The molecule has 1 unspecified atom stereocenters. The molecule has 1 atom stereocenters. The molecule has 0 aromatic carbocycles. The van der Waals surface area contributed by atoms with E-state index in [0.29, 0.717) is 6.61 Å². The van der Waals surface area contributed by atoms with Gasteiger partial charge in [0.1, 0.15) is 0 Å². The number of aliphatic hydroxyl groups is 1. The third-order valence-electron chi connectivity index (χ3n) is 4.73. The van der Waals surface area contributed by atoms with Crippen LogP contribution >= 0.6 is 11.3 Å². The number of likely N-dealkylation sites (tertiary alicyclic amines) is 1. The second-order valence-electron chi connectivity index (χ2n) is 6.59. The van der Waals surface area contributed by atoms with Gasteiger partial charge in [-0.05, 0) is 33.1 Å². The van der Waals surface area contributed by atoms with Gasteiger partial charge >= 0.3 is 0 Å². The zero-order valence-electron chi connectivity index (χ0n) is 12.4. The maximum absolute atomic E-state index is 10.3. The first-order valence-corrected chi connectivity index (χ1v) is 8.34. The zero-order chi connectivity index (χ0) is 14.2. The highest BCUT2D eigenvalue weighted by molar-refractivity contribution is 7.09. The summed E-state index contributed by atoms with van der Waals surface area (Å²) in [7, 11) is 0. The number of aromatic nitrogens is 1. The Bertz CT molecular complexity index is 464. The Morgan fingerprint density at radius 3 is 2.75 bits per heavy atom. The van der Waals surface area contributed by atoms with Crippen LogP contribution in [0.4, 0.5) is 0 Å². The van der Waals surface area contributed by atoms with Gasteiger partial charge in [-0.25, -0.2) is 4.98 Å². The highest BCUT2D eigenvalue weighted by Crippen LogP contribution is 2.39. The van der Waals surface area contributed by atoms with Crippen molar-refractivity contribution in [2.75, 3.05) is 19.7 Å². The first kappa shape index (κ1) is 14.4. The number of rotatable bonds is 2. The average Bonchev–Trinajstić information content (AvgIpc) is 2.77. The van der Waals surface area contributed by atoms with Gasteiger partial charge in [-0.3, -0.25) is 4.90 Å². The minimum absolute atomic E-state index is 0.0823. The highest BCUT2D eigenvalue weighted by Gasteiger charge is 2.44. The molecule has 4 nitrogen and oxygen atoms in total. The summed E-state index contributed by atoms with van der Waals surface area (Å²) in [4.78, 5) is 8.18. The Hall–Kier alpha value is -0.490. The topological polar surface area (TPSA) is 45.6 Å². The maximum atomic E-state index is 10.3. The van der Waals surface area contributed by atoms with Crippen molar-refractivity contribution in [3.8, 4) is 0 Å². The molecule has 3 heterocycles. The van der Waals surface area contributed by atoms with Gasteiger partial charge < -0.3 is 9.84 Å². The molecule has 0 radical (unpaired) electrons. The Balaban J connectivity index is 1.58. The molecule has 20 heavy (non-hydrogen) atoms. The van der Waals surface area contributed by atoms with E-state index in [2.05, 4.69) is 16.8 Å². The zero-order valence-corrected chi connectivity index (χ0v) is 13.2. The van der Waals surface area contributed by atoms with Gasteiger partial charge in [0.05, 0.1) is 29.0 Å². The number of ether oxygens (including phenoxy) is 1. The molecule has 2 fully saturated rings. The Labute approximate surface area is 124 Å². The molecule has 1 aromatic rings. The van der Waals surface area contributed by atoms with Crippen molar-refractivity contribution in [2.24, 2.45) is 0 Å². The van der Waals surface area contributed by atoms with Crippen LogP contribution in [-0.4, -0.2) is 45.9 Å². The molecule has 3 rings (SSSR count). The lowest BCUT2D eigenvalue weighted by atomic mass is 9.78. The van der Waals surface area contributed by atoms with Crippen molar-refractivity contribution in [1.29, 1.82) is 0 Å². The highest BCUT2D eigenvalue weighted by atomic mass is 32.1. The molecular formula is C15H24N2O2S. The second kappa shape index (κ2) is 5.37. The van der Waals surface area contributed by atoms with Gasteiger partial charge in [0.15, 0.2) is 0 Å². The lowest BCUT2D eigenvalue weighted by Crippen LogP contribution is -2.53. The van der Waals surface area contributed by atoms with Crippen LogP contribution in [-0.2, 0) is 11.3 Å². The Morgan fingerprint density at radius 2 is 2.15 bits per heavy atom. The van der Waals surface area contributed by atoms with Crippen molar-refractivity contribution in [1.82, 2.24) is 9.88 Å². The minimum Gasteiger partial charge on any atom is -0.390 e. The van der Waals surface area contributed by atoms with E-state index in [1.807, 2.05) is 12.4 Å². The van der Waals surface area contributed by atoms with E-state index < -0.39 is 5.60 Å². The summed E-state index contributed by atoms with van der Waals surface area (Å²) in [6, 6.07) is 0. The normalized spacial score (nSPS) is 30.8. The van der Waals surface area contributed by atoms with E-state index in [4.69, 9.17) is 4.74 Å². The molecule has 5 heteroatoms. The van der Waals surface area contributed by atoms with E-state index in [1.54, 1.807) is 11.3 Å². The third kappa shape index (κ3) is 3.06. The standard InChI is InChI=1S/C15H24N2O2S/c1-12-13(20-11-16-12)9-17-6-3-15(4-7-17)10-14(2,18)5-8-19-15/h11,18H,3-10H2,1-2H3. The van der Waals surface area contributed by atoms with Gasteiger partial charge in [-0.2, -0.15) is 0 Å². The summed E-state index contributed by atoms with van der Waals surface area (Å²) in [5.41, 5.74) is 2.46. The Kier molecular flexibility index (Phi) is 3.88. The predicted molar refractivity (Wildman–Crippen MR) is 79.9 cm³/mol. The van der Waals surface area contributed by atoms with Crippen molar-refractivity contribution in [3.05, 3.63) is 16.1 Å². The van der Waals surface area contributed by atoms with Crippen LogP contribution in [0, 0.1) is 6.92 Å². The number of nitrogens with zero attached hydrogens (tertiary/aromatic N) is 2. The monoisotopic (exact) mass is 296 g/mol. The van der Waals surface area contributed by atoms with E-state index >= 15 is 0 Å². The minimum atomic E-state index is -0.547. The molecule has 0 aliphatic carbocycles. The van der Waals surface area contributed by atoms with Crippen LogP contribution in [0.25, 0.3) is 0 Å². The maximum Gasteiger partial charge on any atom is 0.0798 e. The first-order valence-electron chi connectivity index (χ1n) is 7.46. The van der Waals surface area contributed by atoms with Crippen LogP contribution in [0.2, 0.25) is 0 Å². The lowest BCUT2D eigenvalue weighted by molar-refractivity contribution is -0.173. The van der Waals surface area contributed by atoms with Crippen molar-refractivity contribution >= 4 is 11.3 Å². The summed E-state index contributed by atoms with van der Waals surface area (Å²) in [5.74, 6) is 0. The molecule has 1 spiro atoms. The molecular weight excluding hydrogens is 272 g/mol. The molecule has 0 saturated carbocycles. The Morgan fingerprint density at radius 1 is 1.40 bits per heavy atom. The van der Waals surface area contributed by atoms with Gasteiger partial charge in [0.25, 0.3) is 0 Å². The number of piperidine rings is 1. The van der Waals surface area contributed by atoms with E-state index in [-0.39, 0.29) is 5.60 Å². The third-order valence-corrected chi connectivity index (χ3v) is 5.65. The number of thiazole rings is 1. The largest absolute Gasteiger partial charge is 0.390 e. The smallest absolute Gasteiger partial charge is 0.0798 e. The molecule has 1 aromatic heterocycles. The molecule has 0 bridgehead atoms. The molecule has 0 amide bonds. The van der Waals surface area contributed by atoms with Crippen LogP contribution < -0.4 is 0 Å². The lowest BCUT2D eigenvalue weighted by Gasteiger charge is -2.48. The molecule has 2 saturated heterocycles. The quantitative estimate of drug-likeness (QED) is 0.910. The van der Waals surface area contributed by atoms with Crippen LogP contribution in [0.3, 0.4) is 0 Å². The first-order chi connectivity index (χ1) is 9.48. The predicted octanol–water partition coefficient (Wildman–Crippen LogP) is 2.35. The van der Waals surface area contributed by atoms with Crippen molar-refractivity contribution in [3.63, 3.8) is 0 Å². The van der Waals surface area contributed by atoms with Gasteiger partial charge in [0, 0.05) is 30.9 Å².